The molecule has 0 aromatic carbocycles. The van der Waals surface area contributed by atoms with E-state index in [2.05, 4.69) is 18.9 Å². The Labute approximate surface area is 104 Å². The van der Waals surface area contributed by atoms with Gasteiger partial charge in [-0.3, -0.25) is 4.68 Å². The number of aliphatic hydroxyl groups is 1. The highest BCUT2D eigenvalue weighted by Crippen LogP contribution is 2.39. The van der Waals surface area contributed by atoms with Gasteiger partial charge in [0.25, 0.3) is 0 Å². The van der Waals surface area contributed by atoms with Gasteiger partial charge in [-0.25, -0.2) is 0 Å². The Bertz CT molecular complexity index is 351. The summed E-state index contributed by atoms with van der Waals surface area (Å²) in [5.41, 5.74) is 0.956. The van der Waals surface area contributed by atoms with Gasteiger partial charge >= 0.3 is 0 Å². The molecule has 2 rings (SSSR count). The normalized spacial score (nSPS) is 27.4. The van der Waals surface area contributed by atoms with Gasteiger partial charge in [0, 0.05) is 13.2 Å². The standard InChI is InChI=1S/C14H24N2O/c1-10(2)11-4-6-12(7-5-11)14(17)13-8-9-15-16(13)3/h8-12,14,17H,4-7H2,1-3H3/t11?,12?,14-/m1/s1. The summed E-state index contributed by atoms with van der Waals surface area (Å²) >= 11 is 0. The van der Waals surface area contributed by atoms with Crippen molar-refractivity contribution in [1.82, 2.24) is 9.78 Å². The highest BCUT2D eigenvalue weighted by Gasteiger charge is 2.29. The number of hydrogen-bond acceptors (Lipinski definition) is 2. The summed E-state index contributed by atoms with van der Waals surface area (Å²) in [5.74, 6) is 2.05. The monoisotopic (exact) mass is 236 g/mol. The topological polar surface area (TPSA) is 38.1 Å². The van der Waals surface area contributed by atoms with Crippen LogP contribution in [0.3, 0.4) is 0 Å². The van der Waals surface area contributed by atoms with Crippen LogP contribution in [0.5, 0.6) is 0 Å². The highest BCUT2D eigenvalue weighted by atomic mass is 16.3. The van der Waals surface area contributed by atoms with Crippen molar-refractivity contribution in [3.8, 4) is 0 Å². The van der Waals surface area contributed by atoms with Gasteiger partial charge in [-0.15, -0.1) is 0 Å². The fourth-order valence-corrected chi connectivity index (χ4v) is 3.04. The van der Waals surface area contributed by atoms with Gasteiger partial charge in [0.2, 0.25) is 0 Å². The first-order chi connectivity index (χ1) is 8.09. The van der Waals surface area contributed by atoms with Crippen molar-refractivity contribution in [3.05, 3.63) is 18.0 Å². The Morgan fingerprint density at radius 1 is 1.24 bits per heavy atom. The summed E-state index contributed by atoms with van der Waals surface area (Å²) < 4.78 is 1.79. The minimum absolute atomic E-state index is 0.337. The maximum atomic E-state index is 10.4. The minimum Gasteiger partial charge on any atom is -0.387 e. The van der Waals surface area contributed by atoms with E-state index in [1.54, 1.807) is 10.9 Å². The number of nitrogens with zero attached hydrogens (tertiary/aromatic N) is 2. The smallest absolute Gasteiger partial charge is 0.0984 e. The molecule has 0 spiro atoms. The lowest BCUT2D eigenvalue weighted by Gasteiger charge is -2.33. The molecule has 0 amide bonds. The number of rotatable bonds is 3. The Balaban J connectivity index is 1.95. The van der Waals surface area contributed by atoms with Crippen LogP contribution in [0.4, 0.5) is 0 Å². The first kappa shape index (κ1) is 12.6. The number of hydrogen-bond donors (Lipinski definition) is 1. The van der Waals surface area contributed by atoms with Crippen LogP contribution in [0.2, 0.25) is 0 Å². The lowest BCUT2D eigenvalue weighted by Crippen LogP contribution is -2.24. The van der Waals surface area contributed by atoms with Crippen LogP contribution in [0.25, 0.3) is 0 Å². The Kier molecular flexibility index (Phi) is 3.87. The van der Waals surface area contributed by atoms with Crippen LogP contribution in [0.1, 0.15) is 51.3 Å². The zero-order chi connectivity index (χ0) is 12.4. The lowest BCUT2D eigenvalue weighted by atomic mass is 9.75. The Hall–Kier alpha value is -0.830. The van der Waals surface area contributed by atoms with Crippen LogP contribution < -0.4 is 0 Å². The van der Waals surface area contributed by atoms with E-state index < -0.39 is 0 Å². The van der Waals surface area contributed by atoms with Crippen LogP contribution >= 0.6 is 0 Å². The molecule has 0 aliphatic heterocycles. The molecule has 0 bridgehead atoms. The highest BCUT2D eigenvalue weighted by molar-refractivity contribution is 5.05. The van der Waals surface area contributed by atoms with Crippen molar-refractivity contribution in [3.63, 3.8) is 0 Å². The molecule has 0 saturated heterocycles. The maximum Gasteiger partial charge on any atom is 0.0984 e. The van der Waals surface area contributed by atoms with Crippen molar-refractivity contribution >= 4 is 0 Å². The van der Waals surface area contributed by atoms with Crippen LogP contribution in [0.15, 0.2) is 12.3 Å². The number of aromatic nitrogens is 2. The van der Waals surface area contributed by atoms with E-state index in [0.29, 0.717) is 5.92 Å². The molecule has 1 aliphatic rings. The third-order valence-corrected chi connectivity index (χ3v) is 4.37. The van der Waals surface area contributed by atoms with Crippen molar-refractivity contribution in [2.24, 2.45) is 24.8 Å². The molecule has 0 radical (unpaired) electrons. The molecule has 0 unspecified atom stereocenters. The van der Waals surface area contributed by atoms with Crippen molar-refractivity contribution < 1.29 is 5.11 Å². The molecule has 1 heterocycles. The molecule has 3 nitrogen and oxygen atoms in total. The summed E-state index contributed by atoms with van der Waals surface area (Å²) in [6.07, 6.45) is 6.24. The zero-order valence-corrected chi connectivity index (χ0v) is 11.1. The average Bonchev–Trinajstić information content (AvgIpc) is 2.74. The molecule has 1 aromatic rings. The number of aryl methyl sites for hydroxylation is 1. The summed E-state index contributed by atoms with van der Waals surface area (Å²) in [5, 5.41) is 14.5. The van der Waals surface area contributed by atoms with E-state index in [-0.39, 0.29) is 6.10 Å². The van der Waals surface area contributed by atoms with E-state index in [9.17, 15) is 5.11 Å². The van der Waals surface area contributed by atoms with Gasteiger partial charge in [0.05, 0.1) is 11.8 Å². The second kappa shape index (κ2) is 5.21. The first-order valence-corrected chi connectivity index (χ1v) is 6.75. The van der Waals surface area contributed by atoms with Gasteiger partial charge in [-0.1, -0.05) is 13.8 Å². The van der Waals surface area contributed by atoms with Crippen LogP contribution in [0, 0.1) is 17.8 Å². The maximum absolute atomic E-state index is 10.4. The molecule has 96 valence electrons. The van der Waals surface area contributed by atoms with Crippen LogP contribution in [-0.4, -0.2) is 14.9 Å². The van der Waals surface area contributed by atoms with E-state index in [1.165, 1.54) is 12.8 Å². The van der Waals surface area contributed by atoms with Gasteiger partial charge in [0.1, 0.15) is 0 Å². The summed E-state index contributed by atoms with van der Waals surface area (Å²) in [7, 11) is 1.90. The Morgan fingerprint density at radius 3 is 2.29 bits per heavy atom. The van der Waals surface area contributed by atoms with Gasteiger partial charge in [-0.05, 0) is 49.5 Å². The largest absolute Gasteiger partial charge is 0.387 e. The molecular weight excluding hydrogens is 212 g/mol. The summed E-state index contributed by atoms with van der Waals surface area (Å²) in [6, 6.07) is 1.93. The predicted molar refractivity (Wildman–Crippen MR) is 68.5 cm³/mol. The predicted octanol–water partition coefficient (Wildman–Crippen LogP) is 2.92. The van der Waals surface area contributed by atoms with Crippen molar-refractivity contribution in [1.29, 1.82) is 0 Å². The molecule has 1 fully saturated rings. The van der Waals surface area contributed by atoms with Crippen LogP contribution in [-0.2, 0) is 7.05 Å². The molecule has 1 aliphatic carbocycles. The third-order valence-electron chi connectivity index (χ3n) is 4.37. The molecule has 1 atom stereocenters. The quantitative estimate of drug-likeness (QED) is 0.876. The minimum atomic E-state index is -0.337. The SMILES string of the molecule is CC(C)C1CCC([C@@H](O)c2ccnn2C)CC1. The fraction of sp³-hybridized carbons (Fsp3) is 0.786. The average molecular weight is 236 g/mol. The van der Waals surface area contributed by atoms with E-state index >= 15 is 0 Å². The van der Waals surface area contributed by atoms with E-state index in [4.69, 9.17) is 0 Å². The van der Waals surface area contributed by atoms with E-state index in [1.807, 2.05) is 13.1 Å². The lowest BCUT2D eigenvalue weighted by molar-refractivity contribution is 0.0608. The van der Waals surface area contributed by atoms with Crippen molar-refractivity contribution in [2.45, 2.75) is 45.6 Å². The van der Waals surface area contributed by atoms with Gasteiger partial charge in [0.15, 0.2) is 0 Å². The fourth-order valence-electron chi connectivity index (χ4n) is 3.04. The summed E-state index contributed by atoms with van der Waals surface area (Å²) in [4.78, 5) is 0. The second-order valence-electron chi connectivity index (χ2n) is 5.74. The third kappa shape index (κ3) is 2.71. The molecule has 17 heavy (non-hydrogen) atoms. The molecule has 1 aromatic heterocycles. The molecular formula is C14H24N2O. The van der Waals surface area contributed by atoms with E-state index in [0.717, 1.165) is 30.4 Å². The zero-order valence-electron chi connectivity index (χ0n) is 11.1. The molecule has 1 N–H and O–H groups in total. The second-order valence-corrected chi connectivity index (χ2v) is 5.74. The number of aliphatic hydroxyl groups excluding tert-OH is 1. The Morgan fingerprint density at radius 2 is 1.82 bits per heavy atom. The van der Waals surface area contributed by atoms with Gasteiger partial charge < -0.3 is 5.11 Å². The first-order valence-electron chi connectivity index (χ1n) is 6.75. The molecule has 3 heteroatoms. The molecule has 1 saturated carbocycles. The van der Waals surface area contributed by atoms with Gasteiger partial charge in [-0.2, -0.15) is 5.10 Å². The van der Waals surface area contributed by atoms with Crippen molar-refractivity contribution in [2.75, 3.05) is 0 Å². The summed E-state index contributed by atoms with van der Waals surface area (Å²) in [6.45, 7) is 4.62.